The van der Waals surface area contributed by atoms with Gasteiger partial charge in [-0.1, -0.05) is 23.7 Å². The van der Waals surface area contributed by atoms with Crippen molar-refractivity contribution in [3.63, 3.8) is 0 Å². The number of likely N-dealkylation sites (tertiary alicyclic amines) is 1. The number of morpholine rings is 1. The molecule has 0 radical (unpaired) electrons. The second-order valence-electron chi connectivity index (χ2n) is 7.99. The topological polar surface area (TPSA) is 65.8 Å². The quantitative estimate of drug-likeness (QED) is 0.445. The van der Waals surface area contributed by atoms with Crippen molar-refractivity contribution < 1.29 is 18.7 Å². The maximum absolute atomic E-state index is 13.5. The summed E-state index contributed by atoms with van der Waals surface area (Å²) in [5.41, 5.74) is 1.45. The van der Waals surface area contributed by atoms with Crippen molar-refractivity contribution in [1.29, 1.82) is 5.26 Å². The number of carbonyl (C=O) groups excluding carboxylic acids is 1. The molecule has 0 saturated carbocycles. The van der Waals surface area contributed by atoms with E-state index in [9.17, 15) is 9.18 Å². The smallest absolute Gasteiger partial charge is 0.266 e. The van der Waals surface area contributed by atoms with Crippen LogP contribution in [0.1, 0.15) is 30.0 Å². The maximum atomic E-state index is 13.5. The first-order valence-electron chi connectivity index (χ1n) is 10.8. The highest BCUT2D eigenvalue weighted by Gasteiger charge is 2.49. The molecule has 32 heavy (non-hydrogen) atoms. The predicted molar refractivity (Wildman–Crippen MR) is 118 cm³/mol. The summed E-state index contributed by atoms with van der Waals surface area (Å²) in [4.78, 5) is 17.1. The van der Waals surface area contributed by atoms with E-state index in [1.165, 1.54) is 18.2 Å². The molecule has 8 heteroatoms. The van der Waals surface area contributed by atoms with Crippen LogP contribution < -0.4 is 4.74 Å². The highest BCUT2D eigenvalue weighted by Crippen LogP contribution is 2.38. The zero-order chi connectivity index (χ0) is 22.5. The fourth-order valence-corrected chi connectivity index (χ4v) is 4.30. The van der Waals surface area contributed by atoms with Crippen molar-refractivity contribution in [3.8, 4) is 11.8 Å². The van der Waals surface area contributed by atoms with Gasteiger partial charge in [-0.05, 0) is 49.2 Å². The first kappa shape index (κ1) is 22.5. The summed E-state index contributed by atoms with van der Waals surface area (Å²) in [5, 5.41) is 9.03. The summed E-state index contributed by atoms with van der Waals surface area (Å²) in [6.45, 7) is 5.06. The van der Waals surface area contributed by atoms with E-state index in [4.69, 9.17) is 26.3 Å². The Morgan fingerprint density at radius 3 is 2.53 bits per heavy atom. The van der Waals surface area contributed by atoms with E-state index in [0.29, 0.717) is 17.9 Å². The summed E-state index contributed by atoms with van der Waals surface area (Å²) in [7, 11) is 0. The Morgan fingerprint density at radius 2 is 1.84 bits per heavy atom. The zero-order valence-corrected chi connectivity index (χ0v) is 18.4. The molecule has 2 atom stereocenters. The Labute approximate surface area is 192 Å². The van der Waals surface area contributed by atoms with Crippen LogP contribution in [0.5, 0.6) is 5.75 Å². The van der Waals surface area contributed by atoms with Crippen LogP contribution in [0.4, 0.5) is 4.39 Å². The molecule has 2 saturated heterocycles. The lowest BCUT2D eigenvalue weighted by Gasteiger charge is -2.47. The summed E-state index contributed by atoms with van der Waals surface area (Å²) < 4.78 is 24.8. The van der Waals surface area contributed by atoms with E-state index < -0.39 is 11.9 Å². The van der Waals surface area contributed by atoms with Gasteiger partial charge in [-0.3, -0.25) is 9.69 Å². The van der Waals surface area contributed by atoms with Gasteiger partial charge in [0.05, 0.1) is 29.9 Å². The minimum absolute atomic E-state index is 0.0517. The number of carbonyl (C=O) groups is 1. The van der Waals surface area contributed by atoms with Crippen LogP contribution in [0.15, 0.2) is 42.5 Å². The second-order valence-corrected chi connectivity index (χ2v) is 8.39. The molecule has 0 aromatic heterocycles. The molecule has 2 aliphatic rings. The van der Waals surface area contributed by atoms with Crippen molar-refractivity contribution in [2.24, 2.45) is 0 Å². The minimum atomic E-state index is -0.719. The Morgan fingerprint density at radius 1 is 1.12 bits per heavy atom. The highest BCUT2D eigenvalue weighted by molar-refractivity contribution is 6.30. The summed E-state index contributed by atoms with van der Waals surface area (Å²) in [5.74, 6) is -0.295. The number of nitriles is 1. The minimum Gasteiger partial charge on any atom is -0.478 e. The van der Waals surface area contributed by atoms with Crippen LogP contribution in [0.3, 0.4) is 0 Å². The third-order valence-electron chi connectivity index (χ3n) is 5.91. The molecule has 0 aliphatic carbocycles. The number of rotatable bonds is 8. The number of hydrogen-bond acceptors (Lipinski definition) is 5. The van der Waals surface area contributed by atoms with Gasteiger partial charge in [-0.25, -0.2) is 4.39 Å². The lowest BCUT2D eigenvalue weighted by molar-refractivity contribution is -0.164. The molecule has 0 bridgehead atoms. The molecule has 1 amide bonds. The molecule has 6 nitrogen and oxygen atoms in total. The number of β-lactam (4-membered cyclic amide) rings is 1. The number of hydrogen-bond donors (Lipinski definition) is 0. The van der Waals surface area contributed by atoms with Gasteiger partial charge < -0.3 is 14.4 Å². The number of nitrogens with zero attached hydrogens (tertiary/aromatic N) is 3. The van der Waals surface area contributed by atoms with Crippen LogP contribution in [0, 0.1) is 17.1 Å². The van der Waals surface area contributed by atoms with Gasteiger partial charge in [-0.2, -0.15) is 5.26 Å². The second kappa shape index (κ2) is 10.3. The summed E-state index contributed by atoms with van der Waals surface area (Å²) in [6.07, 6.45) is 1.15. The van der Waals surface area contributed by atoms with E-state index in [-0.39, 0.29) is 17.0 Å². The lowest BCUT2D eigenvalue weighted by Crippen LogP contribution is -2.61. The summed E-state index contributed by atoms with van der Waals surface area (Å²) >= 11 is 5.87. The first-order valence-corrected chi connectivity index (χ1v) is 11.2. The van der Waals surface area contributed by atoms with Gasteiger partial charge in [0, 0.05) is 25.7 Å². The number of unbranched alkanes of at least 4 members (excludes halogenated alkanes) is 1. The van der Waals surface area contributed by atoms with Gasteiger partial charge in [0.25, 0.3) is 5.91 Å². The molecule has 2 aliphatic heterocycles. The third-order valence-corrected chi connectivity index (χ3v) is 6.20. The van der Waals surface area contributed by atoms with Gasteiger partial charge >= 0.3 is 0 Å². The predicted octanol–water partition coefficient (Wildman–Crippen LogP) is 3.79. The normalized spacial score (nSPS) is 21.2. The van der Waals surface area contributed by atoms with E-state index in [0.717, 1.165) is 51.3 Å². The molecule has 0 spiro atoms. The fourth-order valence-electron chi connectivity index (χ4n) is 4.13. The van der Waals surface area contributed by atoms with Gasteiger partial charge in [-0.15, -0.1) is 0 Å². The molecule has 0 N–H and O–H groups in total. The van der Waals surface area contributed by atoms with Crippen molar-refractivity contribution in [2.45, 2.75) is 25.0 Å². The maximum Gasteiger partial charge on any atom is 0.266 e. The molecule has 4 rings (SSSR count). The first-order chi connectivity index (χ1) is 15.6. The van der Waals surface area contributed by atoms with Crippen LogP contribution in [0.2, 0.25) is 5.02 Å². The lowest BCUT2D eigenvalue weighted by atomic mass is 9.89. The van der Waals surface area contributed by atoms with E-state index in [2.05, 4.69) is 11.0 Å². The molecule has 2 fully saturated rings. The Hall–Kier alpha value is -2.66. The number of halogens is 2. The molecule has 2 aromatic carbocycles. The van der Waals surface area contributed by atoms with Crippen molar-refractivity contribution in [3.05, 3.63) is 64.4 Å². The number of amides is 1. The van der Waals surface area contributed by atoms with Gasteiger partial charge in [0.15, 0.2) is 0 Å². The summed E-state index contributed by atoms with van der Waals surface area (Å²) in [6, 6.07) is 13.1. The molecule has 2 unspecified atom stereocenters. The number of ether oxygens (including phenoxy) is 2. The van der Waals surface area contributed by atoms with Crippen molar-refractivity contribution in [1.82, 2.24) is 9.80 Å². The van der Waals surface area contributed by atoms with E-state index in [1.54, 1.807) is 12.1 Å². The largest absolute Gasteiger partial charge is 0.478 e. The van der Waals surface area contributed by atoms with Crippen molar-refractivity contribution in [2.75, 3.05) is 39.4 Å². The average Bonchev–Trinajstić information content (AvgIpc) is 2.82. The van der Waals surface area contributed by atoms with Crippen LogP contribution in [-0.4, -0.2) is 61.2 Å². The van der Waals surface area contributed by atoms with Crippen molar-refractivity contribution >= 4 is 17.5 Å². The van der Waals surface area contributed by atoms with E-state index >= 15 is 0 Å². The molecule has 2 heterocycles. The van der Waals surface area contributed by atoms with E-state index in [1.807, 2.05) is 17.0 Å². The van der Waals surface area contributed by atoms with Crippen LogP contribution in [0.25, 0.3) is 0 Å². The van der Waals surface area contributed by atoms with Gasteiger partial charge in [0.1, 0.15) is 17.6 Å². The molecule has 168 valence electrons. The standard InChI is InChI=1S/C24H25ClFN3O3/c25-20-15-19(7-8-21(20)26)32-23-22(18-5-3-17(16-27)4-6-18)29(24(23)30)10-2-1-9-28-11-13-31-14-12-28/h3-8,15,22-23H,1-2,9-14H2. The average molecular weight is 458 g/mol. The molecule has 2 aromatic rings. The number of benzene rings is 2. The Bertz CT molecular complexity index is 989. The Balaban J connectivity index is 1.43. The van der Waals surface area contributed by atoms with Crippen LogP contribution in [-0.2, 0) is 9.53 Å². The molecular formula is C24H25ClFN3O3. The third kappa shape index (κ3) is 5.04. The molecular weight excluding hydrogens is 433 g/mol. The zero-order valence-electron chi connectivity index (χ0n) is 17.7. The SMILES string of the molecule is N#Cc1ccc(C2C(Oc3ccc(F)c(Cl)c3)C(=O)N2CCCCN2CCOCC2)cc1. The monoisotopic (exact) mass is 457 g/mol. The fraction of sp³-hybridized carbons (Fsp3) is 0.417. The van der Waals surface area contributed by atoms with Crippen LogP contribution >= 0.6 is 11.6 Å². The van der Waals surface area contributed by atoms with Gasteiger partial charge in [0.2, 0.25) is 6.10 Å². The Kier molecular flexibility index (Phi) is 7.26. The highest BCUT2D eigenvalue weighted by atomic mass is 35.5.